The molecule has 1 saturated heterocycles. The molecule has 1 aromatic carbocycles. The van der Waals surface area contributed by atoms with Crippen molar-refractivity contribution >= 4 is 26.0 Å². The molecule has 3 nitrogen and oxygen atoms in total. The van der Waals surface area contributed by atoms with Gasteiger partial charge in [-0.15, -0.1) is 0 Å². The maximum absolute atomic E-state index is 11.8. The van der Waals surface area contributed by atoms with Gasteiger partial charge in [0.25, 0.3) is 0 Å². The van der Waals surface area contributed by atoms with Crippen LogP contribution in [0, 0.1) is 0 Å². The highest BCUT2D eigenvalue weighted by atomic mass is 79.9. The van der Waals surface area contributed by atoms with Crippen molar-refractivity contribution in [1.29, 1.82) is 0 Å². The van der Waals surface area contributed by atoms with Gasteiger partial charge in [-0.3, -0.25) is 0 Å². The Kier molecular flexibility index (Phi) is 3.37. The molecule has 5 heteroatoms. The molecule has 1 fully saturated rings. The molecule has 0 saturated carbocycles. The molecular formula is C11H14BrNO2S. The van der Waals surface area contributed by atoms with E-state index in [4.69, 9.17) is 0 Å². The number of halogens is 1. The molecule has 1 aliphatic rings. The van der Waals surface area contributed by atoms with Gasteiger partial charge >= 0.3 is 0 Å². The van der Waals surface area contributed by atoms with Gasteiger partial charge < -0.3 is 0 Å². The third kappa shape index (κ3) is 2.31. The van der Waals surface area contributed by atoms with Crippen LogP contribution in [0.15, 0.2) is 28.7 Å². The van der Waals surface area contributed by atoms with E-state index in [2.05, 4.69) is 15.9 Å². The highest BCUT2D eigenvalue weighted by Crippen LogP contribution is 2.28. The fourth-order valence-electron chi connectivity index (χ4n) is 2.03. The van der Waals surface area contributed by atoms with Crippen LogP contribution in [0.25, 0.3) is 0 Å². The summed E-state index contributed by atoms with van der Waals surface area (Å²) in [6.45, 7) is 2.57. The van der Waals surface area contributed by atoms with Crippen molar-refractivity contribution in [3.05, 3.63) is 34.3 Å². The number of nitrogens with zero attached hydrogens (tertiary/aromatic N) is 1. The molecule has 2 rings (SSSR count). The molecule has 0 aliphatic carbocycles. The summed E-state index contributed by atoms with van der Waals surface area (Å²) in [6, 6.07) is 7.72. The van der Waals surface area contributed by atoms with Crippen LogP contribution in [-0.2, 0) is 10.0 Å². The molecule has 0 aromatic heterocycles. The zero-order chi connectivity index (χ0) is 11.8. The van der Waals surface area contributed by atoms with Crippen molar-refractivity contribution < 1.29 is 8.42 Å². The Hall–Kier alpha value is -0.390. The minimum atomic E-state index is -3.03. The van der Waals surface area contributed by atoms with Crippen LogP contribution in [0.4, 0.5) is 0 Å². The summed E-state index contributed by atoms with van der Waals surface area (Å²) in [5, 5.41) is 0. The van der Waals surface area contributed by atoms with Crippen LogP contribution in [0.5, 0.6) is 0 Å². The lowest BCUT2D eigenvalue weighted by Gasteiger charge is -2.23. The highest BCUT2D eigenvalue weighted by Gasteiger charge is 2.32. The zero-order valence-corrected chi connectivity index (χ0v) is 11.5. The third-order valence-electron chi connectivity index (χ3n) is 2.90. The average molecular weight is 304 g/mol. The Morgan fingerprint density at radius 2 is 2.19 bits per heavy atom. The topological polar surface area (TPSA) is 37.4 Å². The zero-order valence-electron chi connectivity index (χ0n) is 9.06. The largest absolute Gasteiger partial charge is 0.214 e. The van der Waals surface area contributed by atoms with Crippen molar-refractivity contribution in [2.45, 2.75) is 19.4 Å². The predicted octanol–water partition coefficient (Wildman–Crippen LogP) is 2.55. The first-order valence-electron chi connectivity index (χ1n) is 5.26. The van der Waals surface area contributed by atoms with Gasteiger partial charge in [0.1, 0.15) is 0 Å². The van der Waals surface area contributed by atoms with E-state index in [-0.39, 0.29) is 11.8 Å². The maximum Gasteiger partial charge on any atom is 0.214 e. The van der Waals surface area contributed by atoms with Gasteiger partial charge in [0.15, 0.2) is 0 Å². The second kappa shape index (κ2) is 4.47. The summed E-state index contributed by atoms with van der Waals surface area (Å²) < 4.78 is 26.1. The van der Waals surface area contributed by atoms with Crippen molar-refractivity contribution in [2.24, 2.45) is 0 Å². The van der Waals surface area contributed by atoms with Crippen LogP contribution in [0.2, 0.25) is 0 Å². The molecule has 0 N–H and O–H groups in total. The molecule has 1 heterocycles. The summed E-state index contributed by atoms with van der Waals surface area (Å²) in [6.07, 6.45) is 0.737. The van der Waals surface area contributed by atoms with Crippen LogP contribution >= 0.6 is 15.9 Å². The molecule has 88 valence electrons. The Morgan fingerprint density at radius 1 is 1.44 bits per heavy atom. The third-order valence-corrected chi connectivity index (χ3v) is 5.41. The van der Waals surface area contributed by atoms with E-state index in [1.165, 1.54) is 0 Å². The molecule has 0 amide bonds. The molecular weight excluding hydrogens is 290 g/mol. The number of sulfonamides is 1. The van der Waals surface area contributed by atoms with Crippen molar-refractivity contribution in [2.75, 3.05) is 12.3 Å². The lowest BCUT2D eigenvalue weighted by atomic mass is 10.1. The van der Waals surface area contributed by atoms with Crippen molar-refractivity contribution in [3.63, 3.8) is 0 Å². The second-order valence-corrected chi connectivity index (χ2v) is 6.97. The van der Waals surface area contributed by atoms with E-state index in [9.17, 15) is 8.42 Å². The lowest BCUT2D eigenvalue weighted by Crippen LogP contribution is -2.28. The highest BCUT2D eigenvalue weighted by molar-refractivity contribution is 9.10. The Labute approximate surface area is 105 Å². The molecule has 1 atom stereocenters. The number of hydrogen-bond acceptors (Lipinski definition) is 2. The average Bonchev–Trinajstić information content (AvgIpc) is 2.57. The van der Waals surface area contributed by atoms with Gasteiger partial charge in [-0.25, -0.2) is 8.42 Å². The summed E-state index contributed by atoms with van der Waals surface area (Å²) in [4.78, 5) is 0. The number of benzene rings is 1. The van der Waals surface area contributed by atoms with Gasteiger partial charge in [-0.05, 0) is 31.0 Å². The van der Waals surface area contributed by atoms with E-state index in [1.807, 2.05) is 31.2 Å². The van der Waals surface area contributed by atoms with E-state index < -0.39 is 10.0 Å². The first-order chi connectivity index (χ1) is 7.50. The van der Waals surface area contributed by atoms with Crippen LogP contribution < -0.4 is 0 Å². The molecule has 0 bridgehead atoms. The van der Waals surface area contributed by atoms with E-state index in [1.54, 1.807) is 4.31 Å². The summed E-state index contributed by atoms with van der Waals surface area (Å²) in [7, 11) is -3.03. The first-order valence-corrected chi connectivity index (χ1v) is 7.66. The predicted molar refractivity (Wildman–Crippen MR) is 67.7 cm³/mol. The summed E-state index contributed by atoms with van der Waals surface area (Å²) in [5.74, 6) is 0.283. The van der Waals surface area contributed by atoms with E-state index in [0.29, 0.717) is 6.54 Å². The van der Waals surface area contributed by atoms with Gasteiger partial charge in [0, 0.05) is 17.1 Å². The van der Waals surface area contributed by atoms with Crippen LogP contribution in [-0.4, -0.2) is 25.0 Å². The van der Waals surface area contributed by atoms with Gasteiger partial charge in [0.05, 0.1) is 5.75 Å². The van der Waals surface area contributed by atoms with Crippen LogP contribution in [0.1, 0.15) is 24.9 Å². The smallest absolute Gasteiger partial charge is 0.212 e. The minimum absolute atomic E-state index is 0.0787. The van der Waals surface area contributed by atoms with Crippen LogP contribution in [0.3, 0.4) is 0 Å². The first kappa shape index (κ1) is 12.1. The Balaban J connectivity index is 2.29. The van der Waals surface area contributed by atoms with Crippen molar-refractivity contribution in [3.8, 4) is 0 Å². The van der Waals surface area contributed by atoms with Gasteiger partial charge in [-0.1, -0.05) is 28.1 Å². The Bertz CT molecular complexity index is 487. The molecule has 1 aromatic rings. The monoisotopic (exact) mass is 303 g/mol. The van der Waals surface area contributed by atoms with Gasteiger partial charge in [-0.2, -0.15) is 4.31 Å². The molecule has 1 aliphatic heterocycles. The number of hydrogen-bond donors (Lipinski definition) is 0. The Morgan fingerprint density at radius 3 is 2.75 bits per heavy atom. The molecule has 16 heavy (non-hydrogen) atoms. The summed E-state index contributed by atoms with van der Waals surface area (Å²) >= 11 is 3.40. The molecule has 0 spiro atoms. The normalized spacial score (nSPS) is 22.1. The van der Waals surface area contributed by atoms with Gasteiger partial charge in [0.2, 0.25) is 10.0 Å². The quantitative estimate of drug-likeness (QED) is 0.842. The standard InChI is InChI=1S/C11H14BrNO2S/c1-9(10-4-2-5-11(12)8-10)13-6-3-7-16(13,14)15/h2,4-5,8-9H,3,6-7H2,1H3. The fourth-order valence-corrected chi connectivity index (χ4v) is 4.18. The molecule has 1 unspecified atom stereocenters. The van der Waals surface area contributed by atoms with E-state index >= 15 is 0 Å². The number of rotatable bonds is 2. The maximum atomic E-state index is 11.8. The lowest BCUT2D eigenvalue weighted by molar-refractivity contribution is 0.369. The second-order valence-electron chi connectivity index (χ2n) is 4.01. The summed E-state index contributed by atoms with van der Waals surface area (Å²) in [5.41, 5.74) is 1.03. The van der Waals surface area contributed by atoms with Crippen molar-refractivity contribution in [1.82, 2.24) is 4.31 Å². The fraction of sp³-hybridized carbons (Fsp3) is 0.455. The SMILES string of the molecule is CC(c1cccc(Br)c1)N1CCCS1(=O)=O. The minimum Gasteiger partial charge on any atom is -0.212 e. The molecule has 0 radical (unpaired) electrons. The van der Waals surface area contributed by atoms with E-state index in [0.717, 1.165) is 16.5 Å².